The number of amides is 1. The molecule has 0 aliphatic heterocycles. The molecule has 0 atom stereocenters. The third-order valence-electron chi connectivity index (χ3n) is 1.88. The van der Waals surface area contributed by atoms with Crippen LogP contribution in [-0.2, 0) is 0 Å². The standard InChI is InChI=1S/C10H8N2O4S/c1-5-4-11-10(17-5)12-8(13)6-2-3-7(16-6)9(14)15/h2-4H,1H3,(H,14,15)(H,11,12,13). The summed E-state index contributed by atoms with van der Waals surface area (Å²) in [4.78, 5) is 27.1. The molecule has 0 aliphatic carbocycles. The molecule has 0 unspecified atom stereocenters. The Bertz CT molecular complexity index is 572. The summed E-state index contributed by atoms with van der Waals surface area (Å²) in [5, 5.41) is 11.6. The second-order valence-corrected chi connectivity index (χ2v) is 4.43. The summed E-state index contributed by atoms with van der Waals surface area (Å²) in [5.74, 6) is -2.07. The number of aromatic nitrogens is 1. The second-order valence-electron chi connectivity index (χ2n) is 3.20. The van der Waals surface area contributed by atoms with Gasteiger partial charge in [0, 0.05) is 11.1 Å². The highest BCUT2D eigenvalue weighted by Crippen LogP contribution is 2.18. The summed E-state index contributed by atoms with van der Waals surface area (Å²) in [5.41, 5.74) is 0. The summed E-state index contributed by atoms with van der Waals surface area (Å²) in [6.07, 6.45) is 1.63. The number of nitrogens with one attached hydrogen (secondary N) is 1. The van der Waals surface area contributed by atoms with E-state index >= 15 is 0 Å². The molecule has 0 fully saturated rings. The molecule has 2 N–H and O–H groups in total. The molecule has 0 aliphatic rings. The van der Waals surface area contributed by atoms with Crippen LogP contribution in [0.5, 0.6) is 0 Å². The lowest BCUT2D eigenvalue weighted by molar-refractivity contribution is 0.0660. The minimum atomic E-state index is -1.21. The van der Waals surface area contributed by atoms with Crippen molar-refractivity contribution in [1.82, 2.24) is 4.98 Å². The molecule has 17 heavy (non-hydrogen) atoms. The van der Waals surface area contributed by atoms with E-state index in [4.69, 9.17) is 9.52 Å². The zero-order valence-corrected chi connectivity index (χ0v) is 9.58. The van der Waals surface area contributed by atoms with Gasteiger partial charge in [-0.3, -0.25) is 10.1 Å². The van der Waals surface area contributed by atoms with Gasteiger partial charge in [0.2, 0.25) is 5.76 Å². The van der Waals surface area contributed by atoms with E-state index in [-0.39, 0.29) is 11.5 Å². The van der Waals surface area contributed by atoms with Crippen LogP contribution in [0.2, 0.25) is 0 Å². The van der Waals surface area contributed by atoms with E-state index in [1.54, 1.807) is 6.20 Å². The van der Waals surface area contributed by atoms with Crippen molar-refractivity contribution in [3.63, 3.8) is 0 Å². The lowest BCUT2D eigenvalue weighted by atomic mass is 10.4. The Kier molecular flexibility index (Phi) is 2.92. The van der Waals surface area contributed by atoms with Crippen molar-refractivity contribution in [2.75, 3.05) is 5.32 Å². The van der Waals surface area contributed by atoms with Crippen molar-refractivity contribution < 1.29 is 19.1 Å². The zero-order chi connectivity index (χ0) is 12.4. The fraction of sp³-hybridized carbons (Fsp3) is 0.100. The van der Waals surface area contributed by atoms with Gasteiger partial charge in [0.1, 0.15) is 0 Å². The van der Waals surface area contributed by atoms with Crippen LogP contribution in [0.25, 0.3) is 0 Å². The number of carboxylic acid groups (broad SMARTS) is 1. The van der Waals surface area contributed by atoms with Gasteiger partial charge in [0.15, 0.2) is 10.9 Å². The summed E-state index contributed by atoms with van der Waals surface area (Å²) < 4.78 is 4.85. The van der Waals surface area contributed by atoms with Crippen LogP contribution in [-0.4, -0.2) is 22.0 Å². The summed E-state index contributed by atoms with van der Waals surface area (Å²) in [6, 6.07) is 2.53. The fourth-order valence-electron chi connectivity index (χ4n) is 1.15. The maximum absolute atomic E-state index is 11.6. The average Bonchev–Trinajstić information content (AvgIpc) is 2.86. The topological polar surface area (TPSA) is 92.4 Å². The fourth-order valence-corrected chi connectivity index (χ4v) is 1.81. The van der Waals surface area contributed by atoms with E-state index in [1.807, 2.05) is 6.92 Å². The van der Waals surface area contributed by atoms with Crippen LogP contribution in [0.1, 0.15) is 26.0 Å². The predicted octanol–water partition coefficient (Wildman–Crippen LogP) is 2.00. The predicted molar refractivity (Wildman–Crippen MR) is 60.5 cm³/mol. The number of aromatic carboxylic acids is 1. The number of nitrogens with zero attached hydrogens (tertiary/aromatic N) is 1. The van der Waals surface area contributed by atoms with Crippen molar-refractivity contribution in [3.8, 4) is 0 Å². The number of furan rings is 1. The van der Waals surface area contributed by atoms with Gasteiger partial charge in [-0.05, 0) is 19.1 Å². The first-order chi connectivity index (χ1) is 8.06. The Balaban J connectivity index is 2.11. The monoisotopic (exact) mass is 252 g/mol. The molecule has 1 amide bonds. The van der Waals surface area contributed by atoms with Crippen molar-refractivity contribution in [2.45, 2.75) is 6.92 Å². The van der Waals surface area contributed by atoms with Crippen LogP contribution in [0.15, 0.2) is 22.7 Å². The molecule has 0 radical (unpaired) electrons. The summed E-state index contributed by atoms with van der Waals surface area (Å²) >= 11 is 1.32. The van der Waals surface area contributed by atoms with E-state index in [0.29, 0.717) is 5.13 Å². The molecule has 7 heteroatoms. The highest BCUT2D eigenvalue weighted by atomic mass is 32.1. The molecule has 6 nitrogen and oxygen atoms in total. The van der Waals surface area contributed by atoms with E-state index in [0.717, 1.165) is 4.88 Å². The number of carbonyl (C=O) groups excluding carboxylic acids is 1. The van der Waals surface area contributed by atoms with Crippen LogP contribution in [0, 0.1) is 6.92 Å². The van der Waals surface area contributed by atoms with Gasteiger partial charge in [-0.15, -0.1) is 11.3 Å². The Morgan fingerprint density at radius 3 is 2.65 bits per heavy atom. The van der Waals surface area contributed by atoms with Gasteiger partial charge in [-0.1, -0.05) is 0 Å². The first kappa shape index (κ1) is 11.3. The van der Waals surface area contributed by atoms with E-state index < -0.39 is 11.9 Å². The zero-order valence-electron chi connectivity index (χ0n) is 8.76. The van der Waals surface area contributed by atoms with Crippen molar-refractivity contribution in [3.05, 3.63) is 34.7 Å². The van der Waals surface area contributed by atoms with Crippen molar-refractivity contribution in [2.24, 2.45) is 0 Å². The number of carbonyl (C=O) groups is 2. The molecule has 88 valence electrons. The Morgan fingerprint density at radius 1 is 1.41 bits per heavy atom. The van der Waals surface area contributed by atoms with Crippen LogP contribution >= 0.6 is 11.3 Å². The van der Waals surface area contributed by atoms with Crippen LogP contribution < -0.4 is 5.32 Å². The number of hydrogen-bond acceptors (Lipinski definition) is 5. The molecule has 0 spiro atoms. The van der Waals surface area contributed by atoms with E-state index in [9.17, 15) is 9.59 Å². The normalized spacial score (nSPS) is 10.2. The van der Waals surface area contributed by atoms with Gasteiger partial charge in [-0.2, -0.15) is 0 Å². The summed E-state index contributed by atoms with van der Waals surface area (Å²) in [6.45, 7) is 1.86. The van der Waals surface area contributed by atoms with Crippen molar-refractivity contribution >= 4 is 28.3 Å². The molecule has 0 saturated heterocycles. The van der Waals surface area contributed by atoms with Crippen LogP contribution in [0.4, 0.5) is 5.13 Å². The SMILES string of the molecule is Cc1cnc(NC(=O)c2ccc(C(=O)O)o2)s1. The first-order valence-corrected chi connectivity index (χ1v) is 5.45. The van der Waals surface area contributed by atoms with Gasteiger partial charge in [0.25, 0.3) is 5.91 Å². The number of rotatable bonds is 3. The molecule has 0 saturated carbocycles. The minimum Gasteiger partial charge on any atom is -0.475 e. The third-order valence-corrected chi connectivity index (χ3v) is 2.71. The first-order valence-electron chi connectivity index (χ1n) is 4.63. The molecule has 2 aromatic rings. The summed E-state index contributed by atoms with van der Waals surface area (Å²) in [7, 11) is 0. The third kappa shape index (κ3) is 2.51. The highest BCUT2D eigenvalue weighted by molar-refractivity contribution is 7.15. The molecule has 2 aromatic heterocycles. The van der Waals surface area contributed by atoms with Gasteiger partial charge < -0.3 is 9.52 Å². The molecule has 0 bridgehead atoms. The Labute approximate surface area is 99.9 Å². The lowest BCUT2D eigenvalue weighted by Gasteiger charge is -1.96. The molecular weight excluding hydrogens is 244 g/mol. The quantitative estimate of drug-likeness (QED) is 0.871. The Morgan fingerprint density at radius 2 is 2.12 bits per heavy atom. The van der Waals surface area contributed by atoms with Gasteiger partial charge in [-0.25, -0.2) is 9.78 Å². The van der Waals surface area contributed by atoms with Gasteiger partial charge >= 0.3 is 5.97 Å². The van der Waals surface area contributed by atoms with Crippen LogP contribution in [0.3, 0.4) is 0 Å². The minimum absolute atomic E-state index is 0.0600. The maximum atomic E-state index is 11.6. The number of carboxylic acids is 1. The highest BCUT2D eigenvalue weighted by Gasteiger charge is 2.15. The Hall–Kier alpha value is -2.15. The second kappa shape index (κ2) is 4.38. The van der Waals surface area contributed by atoms with Crippen molar-refractivity contribution in [1.29, 1.82) is 0 Å². The van der Waals surface area contributed by atoms with E-state index in [2.05, 4.69) is 10.3 Å². The lowest BCUT2D eigenvalue weighted by Crippen LogP contribution is -2.10. The number of hydrogen-bond donors (Lipinski definition) is 2. The largest absolute Gasteiger partial charge is 0.475 e. The number of anilines is 1. The molecule has 0 aromatic carbocycles. The molecule has 2 rings (SSSR count). The van der Waals surface area contributed by atoms with Gasteiger partial charge in [0.05, 0.1) is 0 Å². The molecule has 2 heterocycles. The number of aryl methyl sites for hydroxylation is 1. The smallest absolute Gasteiger partial charge is 0.371 e. The molecular formula is C10H8N2O4S. The van der Waals surface area contributed by atoms with E-state index in [1.165, 1.54) is 23.5 Å². The average molecular weight is 252 g/mol. The number of thiazole rings is 1. The maximum Gasteiger partial charge on any atom is 0.371 e.